The Morgan fingerprint density at radius 1 is 1.00 bits per heavy atom. The number of sulfonamides is 1. The van der Waals surface area contributed by atoms with E-state index in [-0.39, 0.29) is 10.8 Å². The Hall–Kier alpha value is -1.90. The van der Waals surface area contributed by atoms with Gasteiger partial charge in [-0.15, -0.1) is 0 Å². The van der Waals surface area contributed by atoms with Crippen molar-refractivity contribution >= 4 is 27.7 Å². The van der Waals surface area contributed by atoms with Gasteiger partial charge in [0.1, 0.15) is 4.90 Å². The fourth-order valence-electron chi connectivity index (χ4n) is 3.79. The largest absolute Gasteiger partial charge is 0.337 e. The maximum absolute atomic E-state index is 12.7. The maximum Gasteiger partial charge on any atom is 0.244 e. The number of carbonyl (C=O) groups is 1. The molecule has 8 heteroatoms. The Bertz CT molecular complexity index is 971. The van der Waals surface area contributed by atoms with Crippen LogP contribution in [0.15, 0.2) is 52.5 Å². The van der Waals surface area contributed by atoms with Gasteiger partial charge in [-0.2, -0.15) is 4.31 Å². The third kappa shape index (κ3) is 4.65. The molecule has 0 atom stereocenters. The molecule has 0 aliphatic carbocycles. The molecule has 3 heterocycles. The van der Waals surface area contributed by atoms with Gasteiger partial charge in [-0.3, -0.25) is 4.79 Å². The molecule has 1 aromatic heterocycles. The summed E-state index contributed by atoms with van der Waals surface area (Å²) in [5, 5.41) is 0.661. The summed E-state index contributed by atoms with van der Waals surface area (Å²) < 4.78 is 26.9. The second-order valence-corrected chi connectivity index (χ2v) is 10.4. The van der Waals surface area contributed by atoms with E-state index in [4.69, 9.17) is 0 Å². The lowest BCUT2D eigenvalue weighted by molar-refractivity contribution is -0.129. The van der Waals surface area contributed by atoms with E-state index >= 15 is 0 Å². The molecule has 29 heavy (non-hydrogen) atoms. The van der Waals surface area contributed by atoms with E-state index in [1.165, 1.54) is 33.4 Å². The number of rotatable bonds is 5. The van der Waals surface area contributed by atoms with Crippen molar-refractivity contribution in [3.05, 3.63) is 53.7 Å². The van der Waals surface area contributed by atoms with Crippen LogP contribution in [0, 0.1) is 0 Å². The minimum atomic E-state index is -3.47. The zero-order valence-electron chi connectivity index (χ0n) is 16.3. The van der Waals surface area contributed by atoms with Crippen LogP contribution in [-0.2, 0) is 27.8 Å². The fourth-order valence-corrected chi connectivity index (χ4v) is 6.00. The van der Waals surface area contributed by atoms with Gasteiger partial charge < -0.3 is 4.90 Å². The first-order valence-electron chi connectivity index (χ1n) is 9.97. The van der Waals surface area contributed by atoms with Crippen LogP contribution in [0.4, 0.5) is 0 Å². The van der Waals surface area contributed by atoms with Gasteiger partial charge in [-0.25, -0.2) is 13.4 Å². The van der Waals surface area contributed by atoms with E-state index in [1.807, 2.05) is 17.0 Å². The van der Waals surface area contributed by atoms with Crippen molar-refractivity contribution in [2.45, 2.75) is 42.1 Å². The van der Waals surface area contributed by atoms with E-state index in [0.717, 1.165) is 32.2 Å². The molecule has 154 valence electrons. The van der Waals surface area contributed by atoms with Crippen molar-refractivity contribution in [1.29, 1.82) is 0 Å². The molecule has 0 radical (unpaired) electrons. The third-order valence-corrected chi connectivity index (χ3v) is 8.30. The highest BCUT2D eigenvalue weighted by molar-refractivity contribution is 7.99. The summed E-state index contributed by atoms with van der Waals surface area (Å²) in [4.78, 5) is 19.0. The number of thioether (sulfide) groups is 1. The van der Waals surface area contributed by atoms with Crippen LogP contribution >= 0.6 is 11.8 Å². The van der Waals surface area contributed by atoms with Crippen LogP contribution in [0.1, 0.15) is 30.4 Å². The van der Waals surface area contributed by atoms with E-state index in [0.29, 0.717) is 30.4 Å². The molecule has 0 saturated carbocycles. The van der Waals surface area contributed by atoms with Gasteiger partial charge in [0.25, 0.3) is 0 Å². The molecule has 2 aromatic rings. The Labute approximate surface area is 176 Å². The summed E-state index contributed by atoms with van der Waals surface area (Å²) >= 11 is 1.35. The molecule has 1 aromatic carbocycles. The summed E-state index contributed by atoms with van der Waals surface area (Å²) in [5.74, 6) is 0.379. The van der Waals surface area contributed by atoms with Crippen molar-refractivity contribution in [2.24, 2.45) is 0 Å². The lowest BCUT2D eigenvalue weighted by atomic mass is 10.00. The topological polar surface area (TPSA) is 70.6 Å². The molecular weight excluding hydrogens is 406 g/mol. The molecule has 1 fully saturated rings. The third-order valence-electron chi connectivity index (χ3n) is 5.49. The number of nitrogens with zero attached hydrogens (tertiary/aromatic N) is 3. The quantitative estimate of drug-likeness (QED) is 0.681. The van der Waals surface area contributed by atoms with Gasteiger partial charge in [0.05, 0.1) is 10.8 Å². The first-order valence-corrected chi connectivity index (χ1v) is 12.4. The van der Waals surface area contributed by atoms with E-state index in [1.54, 1.807) is 12.1 Å². The lowest BCUT2D eigenvalue weighted by Gasteiger charge is -2.28. The zero-order valence-corrected chi connectivity index (χ0v) is 17.9. The highest BCUT2D eigenvalue weighted by Gasteiger charge is 2.26. The van der Waals surface area contributed by atoms with Gasteiger partial charge in [0.2, 0.25) is 15.9 Å². The molecule has 0 spiro atoms. The highest BCUT2D eigenvalue weighted by Crippen LogP contribution is 2.24. The predicted molar refractivity (Wildman–Crippen MR) is 113 cm³/mol. The molecule has 1 amide bonds. The maximum atomic E-state index is 12.7. The number of amides is 1. The Morgan fingerprint density at radius 3 is 2.48 bits per heavy atom. The Morgan fingerprint density at radius 2 is 1.76 bits per heavy atom. The fraction of sp³-hybridized carbons (Fsp3) is 0.429. The van der Waals surface area contributed by atoms with Crippen LogP contribution in [0.5, 0.6) is 0 Å². The van der Waals surface area contributed by atoms with Crippen molar-refractivity contribution in [2.75, 3.05) is 25.4 Å². The van der Waals surface area contributed by atoms with Crippen molar-refractivity contribution in [3.63, 3.8) is 0 Å². The Kier molecular flexibility index (Phi) is 6.22. The summed E-state index contributed by atoms with van der Waals surface area (Å²) in [5.41, 5.74) is 2.53. The summed E-state index contributed by atoms with van der Waals surface area (Å²) in [6.07, 6.45) is 5.19. The van der Waals surface area contributed by atoms with Crippen LogP contribution < -0.4 is 0 Å². The molecular formula is C21H25N3O3S2. The van der Waals surface area contributed by atoms with Gasteiger partial charge in [0, 0.05) is 32.4 Å². The predicted octanol–water partition coefficient (Wildman–Crippen LogP) is 2.93. The number of fused-ring (bicyclic) bond motifs is 1. The molecule has 0 unspecified atom stereocenters. The van der Waals surface area contributed by atoms with Gasteiger partial charge in [0.15, 0.2) is 0 Å². The van der Waals surface area contributed by atoms with Crippen LogP contribution in [-0.4, -0.2) is 53.9 Å². The summed E-state index contributed by atoms with van der Waals surface area (Å²) in [6, 6.07) is 11.5. The van der Waals surface area contributed by atoms with E-state index in [9.17, 15) is 13.2 Å². The first kappa shape index (κ1) is 20.4. The second kappa shape index (κ2) is 8.85. The number of hydrogen-bond acceptors (Lipinski definition) is 5. The number of piperidine rings is 1. The first-order chi connectivity index (χ1) is 14.0. The Balaban J connectivity index is 1.34. The smallest absolute Gasteiger partial charge is 0.244 e. The normalized spacial score (nSPS) is 17.7. The molecule has 0 bridgehead atoms. The lowest BCUT2D eigenvalue weighted by Crippen LogP contribution is -2.37. The molecule has 0 N–H and O–H groups in total. The number of pyridine rings is 1. The number of hydrogen-bond donors (Lipinski definition) is 0. The molecule has 6 nitrogen and oxygen atoms in total. The summed E-state index contributed by atoms with van der Waals surface area (Å²) in [6.45, 7) is 2.53. The van der Waals surface area contributed by atoms with E-state index in [2.05, 4.69) is 17.1 Å². The minimum Gasteiger partial charge on any atom is -0.337 e. The second-order valence-electron chi connectivity index (χ2n) is 7.42. The standard InChI is InChI=1S/C21H25N3O3S2/c25-21(23-13-10-17-6-2-3-7-18(17)15-23)16-28-20-9-8-19(14-22-20)29(26,27)24-11-4-1-5-12-24/h2-3,6-9,14H,1,4-5,10-13,15-16H2. The van der Waals surface area contributed by atoms with Crippen LogP contribution in [0.2, 0.25) is 0 Å². The monoisotopic (exact) mass is 431 g/mol. The summed E-state index contributed by atoms with van der Waals surface area (Å²) in [7, 11) is -3.47. The van der Waals surface area contributed by atoms with Crippen molar-refractivity contribution < 1.29 is 13.2 Å². The highest BCUT2D eigenvalue weighted by atomic mass is 32.2. The van der Waals surface area contributed by atoms with Crippen LogP contribution in [0.25, 0.3) is 0 Å². The van der Waals surface area contributed by atoms with Crippen molar-refractivity contribution in [1.82, 2.24) is 14.2 Å². The molecule has 1 saturated heterocycles. The SMILES string of the molecule is O=C(CSc1ccc(S(=O)(=O)N2CCCCC2)cn1)N1CCc2ccccc2C1. The average molecular weight is 432 g/mol. The van der Waals surface area contributed by atoms with Gasteiger partial charge in [-0.1, -0.05) is 42.4 Å². The number of carbonyl (C=O) groups excluding carboxylic acids is 1. The molecule has 2 aliphatic rings. The molecule has 4 rings (SSSR count). The van der Waals surface area contributed by atoms with Gasteiger partial charge >= 0.3 is 0 Å². The van der Waals surface area contributed by atoms with E-state index < -0.39 is 10.0 Å². The zero-order chi connectivity index (χ0) is 20.3. The minimum absolute atomic E-state index is 0.0799. The molecule has 2 aliphatic heterocycles. The average Bonchev–Trinajstić information content (AvgIpc) is 2.78. The van der Waals surface area contributed by atoms with Gasteiger partial charge in [-0.05, 0) is 42.5 Å². The number of benzene rings is 1. The van der Waals surface area contributed by atoms with Crippen LogP contribution in [0.3, 0.4) is 0 Å². The number of aromatic nitrogens is 1. The van der Waals surface area contributed by atoms with Crippen molar-refractivity contribution in [3.8, 4) is 0 Å².